The molecule has 3 heterocycles. The van der Waals surface area contributed by atoms with Crippen molar-refractivity contribution in [2.24, 2.45) is 0 Å². The molecule has 1 saturated heterocycles. The van der Waals surface area contributed by atoms with E-state index in [1.807, 2.05) is 55.5 Å². The maximum atomic E-state index is 10.5. The highest BCUT2D eigenvalue weighted by Gasteiger charge is 2.21. The van der Waals surface area contributed by atoms with Crippen molar-refractivity contribution >= 4 is 21.6 Å². The van der Waals surface area contributed by atoms with Gasteiger partial charge in [0, 0.05) is 50.4 Å². The third-order valence-corrected chi connectivity index (χ3v) is 7.12. The largest absolute Gasteiger partial charge is 0.496 e. The first-order chi connectivity index (χ1) is 17.1. The summed E-state index contributed by atoms with van der Waals surface area (Å²) in [5.74, 6) is 2.36. The summed E-state index contributed by atoms with van der Waals surface area (Å²) in [6.07, 6.45) is -0.549. The smallest absolute Gasteiger partial charge is 0.151 e. The minimum Gasteiger partial charge on any atom is -0.496 e. The van der Waals surface area contributed by atoms with Crippen LogP contribution in [0.4, 0.5) is 0 Å². The van der Waals surface area contributed by atoms with Gasteiger partial charge in [0.2, 0.25) is 0 Å². The molecule has 0 saturated carbocycles. The number of hydrogen-bond donors (Lipinski definition) is 1. The van der Waals surface area contributed by atoms with Gasteiger partial charge in [0.1, 0.15) is 29.9 Å². The highest BCUT2D eigenvalue weighted by atomic mass is 32.1. The molecule has 2 aromatic heterocycles. The van der Waals surface area contributed by atoms with Crippen LogP contribution < -0.4 is 9.47 Å². The van der Waals surface area contributed by atoms with Crippen molar-refractivity contribution in [3.63, 3.8) is 0 Å². The van der Waals surface area contributed by atoms with E-state index in [1.54, 1.807) is 18.4 Å². The summed E-state index contributed by atoms with van der Waals surface area (Å²) in [6, 6.07) is 15.7. The van der Waals surface area contributed by atoms with Crippen LogP contribution in [-0.2, 0) is 6.54 Å². The number of piperazine rings is 1. The molecule has 0 unspecified atom stereocenters. The predicted octanol–water partition coefficient (Wildman–Crippen LogP) is 3.83. The fraction of sp³-hybridized carbons (Fsp3) is 0.385. The number of thiazole rings is 1. The number of β-amino-alcohol motifs (C(OH)–C–C–N with tert-alkyl or cyclic N) is 1. The van der Waals surface area contributed by atoms with Gasteiger partial charge < -0.3 is 19.1 Å². The summed E-state index contributed by atoms with van der Waals surface area (Å²) in [5, 5.41) is 15.8. The third kappa shape index (κ3) is 5.82. The summed E-state index contributed by atoms with van der Waals surface area (Å²) in [4.78, 5) is 9.12. The number of fused-ring (bicyclic) bond motifs is 1. The van der Waals surface area contributed by atoms with Crippen LogP contribution in [0.2, 0.25) is 0 Å². The Kier molecular flexibility index (Phi) is 7.29. The van der Waals surface area contributed by atoms with E-state index in [9.17, 15) is 5.11 Å². The number of aromatic nitrogens is 2. The van der Waals surface area contributed by atoms with Crippen LogP contribution in [0.3, 0.4) is 0 Å². The molecule has 8 nitrogen and oxygen atoms in total. The van der Waals surface area contributed by atoms with Crippen LogP contribution in [-0.4, -0.2) is 77.6 Å². The maximum absolute atomic E-state index is 10.5. The maximum Gasteiger partial charge on any atom is 0.151 e. The van der Waals surface area contributed by atoms with Crippen molar-refractivity contribution in [2.45, 2.75) is 19.6 Å². The Morgan fingerprint density at radius 1 is 1.09 bits per heavy atom. The molecule has 35 heavy (non-hydrogen) atoms. The van der Waals surface area contributed by atoms with Gasteiger partial charge in [-0.25, -0.2) is 4.98 Å². The predicted molar refractivity (Wildman–Crippen MR) is 136 cm³/mol. The Morgan fingerprint density at radius 2 is 1.89 bits per heavy atom. The number of hydrogen-bond acceptors (Lipinski definition) is 9. The van der Waals surface area contributed by atoms with E-state index in [1.165, 1.54) is 0 Å². The molecule has 0 spiro atoms. The average molecular weight is 495 g/mol. The van der Waals surface area contributed by atoms with Crippen molar-refractivity contribution in [1.29, 1.82) is 0 Å². The van der Waals surface area contributed by atoms with Crippen molar-refractivity contribution < 1.29 is 19.1 Å². The van der Waals surface area contributed by atoms with Crippen molar-refractivity contribution in [3.05, 3.63) is 59.3 Å². The van der Waals surface area contributed by atoms with Gasteiger partial charge in [0.25, 0.3) is 0 Å². The molecular weight excluding hydrogens is 464 g/mol. The molecule has 1 N–H and O–H groups in total. The summed E-state index contributed by atoms with van der Waals surface area (Å²) in [5.41, 5.74) is 2.65. The van der Waals surface area contributed by atoms with E-state index >= 15 is 0 Å². The third-order valence-electron chi connectivity index (χ3n) is 6.16. The van der Waals surface area contributed by atoms with Crippen molar-refractivity contribution in [1.82, 2.24) is 19.9 Å². The Hall–Kier alpha value is -2.98. The van der Waals surface area contributed by atoms with Crippen LogP contribution in [0.5, 0.6) is 11.5 Å². The number of ether oxygens (including phenoxy) is 2. The monoisotopic (exact) mass is 494 g/mol. The lowest BCUT2D eigenvalue weighted by atomic mass is 10.1. The number of para-hydroxylation sites is 1. The fourth-order valence-electron chi connectivity index (χ4n) is 4.38. The Labute approximate surface area is 208 Å². The van der Waals surface area contributed by atoms with Gasteiger partial charge in [0.05, 0.1) is 28.9 Å². The molecule has 184 valence electrons. The lowest BCUT2D eigenvalue weighted by Crippen LogP contribution is -2.48. The van der Waals surface area contributed by atoms with E-state index in [-0.39, 0.29) is 6.61 Å². The first-order valence-corrected chi connectivity index (χ1v) is 12.6. The Bertz CT molecular complexity index is 1270. The molecule has 0 radical (unpaired) electrons. The number of nitrogens with zero attached hydrogens (tertiary/aromatic N) is 4. The van der Waals surface area contributed by atoms with Gasteiger partial charge in [-0.3, -0.25) is 9.80 Å². The van der Waals surface area contributed by atoms with Gasteiger partial charge in [-0.15, -0.1) is 11.3 Å². The number of aliphatic hydroxyl groups is 1. The molecule has 4 aromatic rings. The van der Waals surface area contributed by atoms with Crippen LogP contribution in [0, 0.1) is 6.92 Å². The zero-order valence-corrected chi connectivity index (χ0v) is 20.8. The molecule has 1 fully saturated rings. The molecule has 0 bridgehead atoms. The molecule has 1 aliphatic rings. The lowest BCUT2D eigenvalue weighted by molar-refractivity contribution is 0.0430. The van der Waals surface area contributed by atoms with Crippen LogP contribution in [0.1, 0.15) is 10.8 Å². The summed E-state index contributed by atoms with van der Waals surface area (Å²) < 4.78 is 18.0. The highest BCUT2D eigenvalue weighted by Crippen LogP contribution is 2.29. The van der Waals surface area contributed by atoms with E-state index in [4.69, 9.17) is 14.0 Å². The summed E-state index contributed by atoms with van der Waals surface area (Å²) in [6.45, 7) is 7.13. The van der Waals surface area contributed by atoms with Crippen molar-refractivity contribution in [2.75, 3.05) is 46.4 Å². The molecule has 9 heteroatoms. The second-order valence-corrected chi connectivity index (χ2v) is 10.0. The molecule has 1 atom stereocenters. The zero-order valence-electron chi connectivity index (χ0n) is 20.0. The Morgan fingerprint density at radius 3 is 2.71 bits per heavy atom. The number of aliphatic hydroxyl groups excluding tert-OH is 1. The minimum absolute atomic E-state index is 0.263. The van der Waals surface area contributed by atoms with Gasteiger partial charge in [-0.1, -0.05) is 17.3 Å². The fourth-order valence-corrected chi connectivity index (χ4v) is 5.18. The molecule has 5 rings (SSSR count). The summed E-state index contributed by atoms with van der Waals surface area (Å²) >= 11 is 1.67. The molecule has 2 aromatic carbocycles. The highest BCUT2D eigenvalue weighted by molar-refractivity contribution is 7.18. The standard InChI is InChI=1S/C26H30N4O4S/c1-18-27-24-13-20(7-8-26(24)35-18)33-17-19(31)15-29-9-11-30(12-10-29)16-21-14-23(28-34-21)22-5-3-4-6-25(22)32-2/h3-8,13-14,19,31H,9-12,15-17H2,1-2H3/t19-/m0/s1. The van der Waals surface area contributed by atoms with E-state index in [2.05, 4.69) is 19.9 Å². The van der Waals surface area contributed by atoms with Gasteiger partial charge >= 0.3 is 0 Å². The first-order valence-electron chi connectivity index (χ1n) is 11.8. The lowest BCUT2D eigenvalue weighted by Gasteiger charge is -2.35. The number of aryl methyl sites for hydroxylation is 1. The first kappa shape index (κ1) is 23.7. The average Bonchev–Trinajstić information content (AvgIpc) is 3.49. The van der Waals surface area contributed by atoms with Gasteiger partial charge in [-0.2, -0.15) is 0 Å². The van der Waals surface area contributed by atoms with E-state index < -0.39 is 6.10 Å². The topological polar surface area (TPSA) is 84.1 Å². The SMILES string of the molecule is COc1ccccc1-c1cc(CN2CCN(C[C@H](O)COc3ccc4sc(C)nc4c3)CC2)on1. The number of benzene rings is 2. The van der Waals surface area contributed by atoms with Crippen LogP contribution in [0.15, 0.2) is 53.1 Å². The van der Waals surface area contributed by atoms with E-state index in [0.29, 0.717) is 13.1 Å². The normalized spacial score (nSPS) is 16.0. The van der Waals surface area contributed by atoms with E-state index in [0.717, 1.165) is 69.9 Å². The quantitative estimate of drug-likeness (QED) is 0.376. The Balaban J connectivity index is 1.07. The second kappa shape index (κ2) is 10.7. The number of rotatable bonds is 9. The van der Waals surface area contributed by atoms with Crippen LogP contribution >= 0.6 is 11.3 Å². The second-order valence-electron chi connectivity index (χ2n) is 8.78. The summed E-state index contributed by atoms with van der Waals surface area (Å²) in [7, 11) is 1.66. The zero-order chi connectivity index (χ0) is 24.2. The molecule has 1 aliphatic heterocycles. The van der Waals surface area contributed by atoms with Gasteiger partial charge in [-0.05, 0) is 31.2 Å². The van der Waals surface area contributed by atoms with Crippen molar-refractivity contribution in [3.8, 4) is 22.8 Å². The minimum atomic E-state index is -0.549. The van der Waals surface area contributed by atoms with Gasteiger partial charge in [0.15, 0.2) is 5.76 Å². The number of methoxy groups -OCH3 is 1. The molecule has 0 amide bonds. The molecular formula is C26H30N4O4S. The van der Waals surface area contributed by atoms with Crippen LogP contribution in [0.25, 0.3) is 21.5 Å². The molecule has 0 aliphatic carbocycles.